The van der Waals surface area contributed by atoms with Gasteiger partial charge in [-0.3, -0.25) is 4.79 Å². The molecule has 1 amide bonds. The monoisotopic (exact) mass is 243 g/mol. The average Bonchev–Trinajstić information content (AvgIpc) is 2.69. The van der Waals surface area contributed by atoms with Crippen molar-refractivity contribution >= 4 is 23.2 Å². The van der Waals surface area contributed by atoms with Crippen molar-refractivity contribution in [1.29, 1.82) is 0 Å². The van der Waals surface area contributed by atoms with E-state index in [1.165, 1.54) is 18.4 Å². The third kappa shape index (κ3) is 2.96. The molecule has 0 spiro atoms. The summed E-state index contributed by atoms with van der Waals surface area (Å²) < 4.78 is 5.15. The highest BCUT2D eigenvalue weighted by molar-refractivity contribution is 7.14. The van der Waals surface area contributed by atoms with Crippen LogP contribution >= 0.6 is 11.3 Å². The van der Waals surface area contributed by atoms with Gasteiger partial charge in [0.1, 0.15) is 5.75 Å². The molecule has 2 N–H and O–H groups in total. The lowest BCUT2D eigenvalue weighted by Gasteiger charge is -2.03. The summed E-state index contributed by atoms with van der Waals surface area (Å²) in [6.45, 7) is 1.76. The van der Waals surface area contributed by atoms with Gasteiger partial charge in [-0.2, -0.15) is 0 Å². The molecule has 0 atom stereocenters. The fraction of sp³-hybridized carbons (Fsp3) is 0.400. The molecule has 0 fully saturated rings. The minimum absolute atomic E-state index is 0.140. The second kappa shape index (κ2) is 5.50. The summed E-state index contributed by atoms with van der Waals surface area (Å²) in [4.78, 5) is 22.9. The maximum atomic E-state index is 11.0. The average molecular weight is 243 g/mol. The minimum atomic E-state index is -1.03. The molecule has 0 aliphatic carbocycles. The van der Waals surface area contributed by atoms with E-state index in [-0.39, 0.29) is 23.1 Å². The number of carboxylic acids is 1. The van der Waals surface area contributed by atoms with Gasteiger partial charge in [0.2, 0.25) is 0 Å². The van der Waals surface area contributed by atoms with Crippen LogP contribution in [0.1, 0.15) is 21.5 Å². The Balaban J connectivity index is 2.81. The van der Waals surface area contributed by atoms with Crippen molar-refractivity contribution in [2.24, 2.45) is 0 Å². The van der Waals surface area contributed by atoms with Crippen molar-refractivity contribution in [3.8, 4) is 5.75 Å². The van der Waals surface area contributed by atoms with Crippen LogP contribution in [0.4, 0.5) is 0 Å². The topological polar surface area (TPSA) is 75.6 Å². The number of aryl methyl sites for hydroxylation is 1. The molecule has 0 bridgehead atoms. The molecule has 88 valence electrons. The Kier molecular flexibility index (Phi) is 4.30. The van der Waals surface area contributed by atoms with E-state index in [4.69, 9.17) is 9.84 Å². The molecule has 0 aliphatic heterocycles. The molecular formula is C10H13NO4S. The Hall–Kier alpha value is -1.56. The second-order valence-corrected chi connectivity index (χ2v) is 4.16. The van der Waals surface area contributed by atoms with Gasteiger partial charge in [0, 0.05) is 11.9 Å². The van der Waals surface area contributed by atoms with E-state index in [9.17, 15) is 9.59 Å². The van der Waals surface area contributed by atoms with Crippen LogP contribution in [0, 0.1) is 0 Å². The summed E-state index contributed by atoms with van der Waals surface area (Å²) in [7, 11) is 1.49. The smallest absolute Gasteiger partial charge is 0.349 e. The SMILES string of the molecule is CCc1cc(OCC(=O)NC)c(C(=O)O)s1. The van der Waals surface area contributed by atoms with E-state index in [1.807, 2.05) is 6.92 Å². The lowest BCUT2D eigenvalue weighted by atomic mass is 10.3. The minimum Gasteiger partial charge on any atom is -0.482 e. The molecule has 0 unspecified atom stereocenters. The highest BCUT2D eigenvalue weighted by Crippen LogP contribution is 2.29. The highest BCUT2D eigenvalue weighted by Gasteiger charge is 2.16. The van der Waals surface area contributed by atoms with Crippen molar-refractivity contribution in [3.63, 3.8) is 0 Å². The number of rotatable bonds is 5. The molecule has 16 heavy (non-hydrogen) atoms. The zero-order valence-electron chi connectivity index (χ0n) is 9.07. The van der Waals surface area contributed by atoms with E-state index in [2.05, 4.69) is 5.32 Å². The Bertz CT molecular complexity index is 400. The van der Waals surface area contributed by atoms with Crippen LogP contribution in [0.5, 0.6) is 5.75 Å². The fourth-order valence-corrected chi connectivity index (χ4v) is 1.95. The lowest BCUT2D eigenvalue weighted by molar-refractivity contribution is -0.122. The third-order valence-corrected chi connectivity index (χ3v) is 3.18. The summed E-state index contributed by atoms with van der Waals surface area (Å²) >= 11 is 1.17. The van der Waals surface area contributed by atoms with Crippen molar-refractivity contribution in [2.75, 3.05) is 13.7 Å². The zero-order valence-corrected chi connectivity index (χ0v) is 9.89. The van der Waals surface area contributed by atoms with E-state index in [1.54, 1.807) is 6.07 Å². The highest BCUT2D eigenvalue weighted by atomic mass is 32.1. The molecule has 5 nitrogen and oxygen atoms in total. The van der Waals surface area contributed by atoms with Crippen molar-refractivity contribution in [2.45, 2.75) is 13.3 Å². The number of hydrogen-bond acceptors (Lipinski definition) is 4. The van der Waals surface area contributed by atoms with E-state index in [0.717, 1.165) is 11.3 Å². The predicted molar refractivity (Wildman–Crippen MR) is 60.2 cm³/mol. The molecule has 1 rings (SSSR count). The number of hydrogen-bond donors (Lipinski definition) is 2. The van der Waals surface area contributed by atoms with E-state index < -0.39 is 5.97 Å². The Labute approximate surface area is 97.0 Å². The Morgan fingerprint density at radius 2 is 2.25 bits per heavy atom. The van der Waals surface area contributed by atoms with Gasteiger partial charge in [-0.05, 0) is 12.5 Å². The number of nitrogens with one attached hydrogen (secondary N) is 1. The summed E-state index contributed by atoms with van der Waals surface area (Å²) in [5.74, 6) is -1.06. The molecule has 0 radical (unpaired) electrons. The number of aromatic carboxylic acids is 1. The number of carbonyl (C=O) groups excluding carboxylic acids is 1. The van der Waals surface area contributed by atoms with Crippen LogP contribution in [-0.4, -0.2) is 30.6 Å². The molecule has 6 heteroatoms. The first-order chi connectivity index (χ1) is 7.58. The number of thiophene rings is 1. The molecule has 1 aromatic heterocycles. The molecule has 0 saturated carbocycles. The lowest BCUT2D eigenvalue weighted by Crippen LogP contribution is -2.25. The number of ether oxygens (including phenoxy) is 1. The van der Waals surface area contributed by atoms with Crippen LogP contribution in [0.3, 0.4) is 0 Å². The first-order valence-electron chi connectivity index (χ1n) is 4.77. The number of likely N-dealkylation sites (N-methyl/N-ethyl adjacent to an activating group) is 1. The van der Waals surface area contributed by atoms with Gasteiger partial charge in [-0.15, -0.1) is 11.3 Å². The molecule has 0 aromatic carbocycles. The van der Waals surface area contributed by atoms with Crippen LogP contribution in [0.25, 0.3) is 0 Å². The number of carboxylic acid groups (broad SMARTS) is 1. The van der Waals surface area contributed by atoms with Crippen molar-refractivity contribution in [1.82, 2.24) is 5.32 Å². The summed E-state index contributed by atoms with van der Waals surface area (Å²) in [5, 5.41) is 11.3. The molecule has 1 aromatic rings. The predicted octanol–water partition coefficient (Wildman–Crippen LogP) is 1.13. The maximum Gasteiger partial charge on any atom is 0.349 e. The molecule has 0 saturated heterocycles. The summed E-state index contributed by atoms with van der Waals surface area (Å²) in [6, 6.07) is 1.66. The van der Waals surface area contributed by atoms with Crippen LogP contribution in [0.2, 0.25) is 0 Å². The summed E-state index contributed by atoms with van der Waals surface area (Å²) in [6.07, 6.45) is 0.744. The Morgan fingerprint density at radius 3 is 2.75 bits per heavy atom. The zero-order chi connectivity index (χ0) is 12.1. The van der Waals surface area contributed by atoms with Gasteiger partial charge in [-0.25, -0.2) is 4.79 Å². The molecule has 0 aliphatic rings. The molecular weight excluding hydrogens is 230 g/mol. The van der Waals surface area contributed by atoms with Gasteiger partial charge in [0.25, 0.3) is 5.91 Å². The van der Waals surface area contributed by atoms with Gasteiger partial charge in [0.05, 0.1) is 0 Å². The fourth-order valence-electron chi connectivity index (χ4n) is 1.07. The van der Waals surface area contributed by atoms with Crippen molar-refractivity contribution in [3.05, 3.63) is 15.8 Å². The van der Waals surface area contributed by atoms with Crippen LogP contribution in [0.15, 0.2) is 6.07 Å². The van der Waals surface area contributed by atoms with Crippen LogP contribution in [-0.2, 0) is 11.2 Å². The van der Waals surface area contributed by atoms with Crippen LogP contribution < -0.4 is 10.1 Å². The standard InChI is InChI=1S/C10H13NO4S/c1-3-6-4-7(9(16-6)10(13)14)15-5-8(12)11-2/h4H,3,5H2,1-2H3,(H,11,12)(H,13,14). The third-order valence-electron chi connectivity index (χ3n) is 1.93. The number of carbonyl (C=O) groups is 2. The van der Waals surface area contributed by atoms with E-state index in [0.29, 0.717) is 0 Å². The van der Waals surface area contributed by atoms with Crippen molar-refractivity contribution < 1.29 is 19.4 Å². The first kappa shape index (κ1) is 12.5. The maximum absolute atomic E-state index is 11.0. The normalized spacial score (nSPS) is 9.88. The largest absolute Gasteiger partial charge is 0.482 e. The Morgan fingerprint density at radius 1 is 1.56 bits per heavy atom. The van der Waals surface area contributed by atoms with E-state index >= 15 is 0 Å². The van der Waals surface area contributed by atoms with Gasteiger partial charge in [-0.1, -0.05) is 6.92 Å². The summed E-state index contributed by atoms with van der Waals surface area (Å²) in [5.41, 5.74) is 0. The number of amides is 1. The van der Waals surface area contributed by atoms with Gasteiger partial charge in [0.15, 0.2) is 11.5 Å². The van der Waals surface area contributed by atoms with Gasteiger partial charge < -0.3 is 15.2 Å². The first-order valence-corrected chi connectivity index (χ1v) is 5.59. The second-order valence-electron chi connectivity index (χ2n) is 3.03. The molecule has 1 heterocycles. The van der Waals surface area contributed by atoms with Gasteiger partial charge >= 0.3 is 5.97 Å². The quantitative estimate of drug-likeness (QED) is 0.813.